The van der Waals surface area contributed by atoms with Crippen molar-refractivity contribution in [2.24, 2.45) is 0 Å². The molecule has 0 aliphatic carbocycles. The molecule has 1 amide bonds. The molecular weight excluding hydrogens is 302 g/mol. The van der Waals surface area contributed by atoms with Gasteiger partial charge in [-0.15, -0.1) is 5.73 Å². The SMILES string of the molecule is C=C=C1C(=O)N2C(C(=O)[O-])=C(COC(C)=O)CS(=O)(=O)[C@H]12. The minimum absolute atomic E-state index is 0.208. The highest BCUT2D eigenvalue weighted by atomic mass is 32.2. The molecule has 0 aromatic carbocycles. The van der Waals surface area contributed by atoms with Crippen molar-refractivity contribution in [2.45, 2.75) is 12.3 Å². The van der Waals surface area contributed by atoms with Crippen LogP contribution in [-0.4, -0.2) is 48.9 Å². The summed E-state index contributed by atoms with van der Waals surface area (Å²) in [5, 5.41) is 9.79. The fourth-order valence-corrected chi connectivity index (χ4v) is 4.16. The normalized spacial score (nSPS) is 23.1. The molecular formula is C12H10NO7S-. The van der Waals surface area contributed by atoms with Crippen molar-refractivity contribution >= 4 is 27.7 Å². The van der Waals surface area contributed by atoms with Crippen LogP contribution in [0, 0.1) is 0 Å². The van der Waals surface area contributed by atoms with Gasteiger partial charge in [0.05, 0.1) is 23.0 Å². The van der Waals surface area contributed by atoms with Crippen LogP contribution in [0.1, 0.15) is 6.92 Å². The second kappa shape index (κ2) is 4.87. The number of carbonyl (C=O) groups is 3. The second-order valence-electron chi connectivity index (χ2n) is 4.45. The first-order valence-corrected chi connectivity index (χ1v) is 7.44. The van der Waals surface area contributed by atoms with Gasteiger partial charge >= 0.3 is 5.97 Å². The number of carboxylic acid groups (broad SMARTS) is 1. The Labute approximate surface area is 119 Å². The molecule has 9 heteroatoms. The number of carbonyl (C=O) groups excluding carboxylic acids is 3. The fourth-order valence-electron chi connectivity index (χ4n) is 2.23. The summed E-state index contributed by atoms with van der Waals surface area (Å²) in [7, 11) is -3.86. The standard InChI is InChI=1S/C12H11NO7S/c1-3-8-10(15)13-9(12(16)17)7(4-20-6(2)14)5-21(18,19)11(8)13/h11H,1,4-5H2,2H3,(H,16,17)/p-1/t11-/m1/s1. The van der Waals surface area contributed by atoms with Crippen molar-refractivity contribution in [1.82, 2.24) is 4.90 Å². The van der Waals surface area contributed by atoms with Crippen LogP contribution in [0.4, 0.5) is 0 Å². The van der Waals surface area contributed by atoms with Crippen molar-refractivity contribution in [3.63, 3.8) is 0 Å². The maximum absolute atomic E-state index is 12.1. The van der Waals surface area contributed by atoms with Crippen molar-refractivity contribution < 1.29 is 32.6 Å². The molecule has 112 valence electrons. The van der Waals surface area contributed by atoms with Gasteiger partial charge < -0.3 is 14.6 Å². The van der Waals surface area contributed by atoms with Crippen LogP contribution in [0.3, 0.4) is 0 Å². The van der Waals surface area contributed by atoms with Gasteiger partial charge in [-0.3, -0.25) is 14.5 Å². The fraction of sp³-hybridized carbons (Fsp3) is 0.333. The molecule has 0 saturated carbocycles. The minimum Gasteiger partial charge on any atom is -0.543 e. The number of fused-ring (bicyclic) bond motifs is 1. The largest absolute Gasteiger partial charge is 0.543 e. The molecule has 2 heterocycles. The van der Waals surface area contributed by atoms with Gasteiger partial charge in [0, 0.05) is 12.5 Å². The first-order valence-electron chi connectivity index (χ1n) is 5.72. The van der Waals surface area contributed by atoms with E-state index in [0.717, 1.165) is 6.92 Å². The zero-order valence-electron chi connectivity index (χ0n) is 10.9. The van der Waals surface area contributed by atoms with Crippen LogP contribution < -0.4 is 5.11 Å². The molecule has 21 heavy (non-hydrogen) atoms. The number of β-lactam (4-membered cyclic amide) rings is 1. The van der Waals surface area contributed by atoms with E-state index in [2.05, 4.69) is 17.0 Å². The molecule has 2 rings (SSSR count). The number of esters is 1. The van der Waals surface area contributed by atoms with Crippen molar-refractivity contribution in [3.05, 3.63) is 29.2 Å². The average Bonchev–Trinajstić information content (AvgIpc) is 2.36. The van der Waals surface area contributed by atoms with Gasteiger partial charge in [0.2, 0.25) is 0 Å². The van der Waals surface area contributed by atoms with Crippen LogP contribution in [0.25, 0.3) is 0 Å². The Kier molecular flexibility index (Phi) is 3.48. The molecule has 2 aliphatic rings. The maximum atomic E-state index is 12.1. The zero-order valence-corrected chi connectivity index (χ0v) is 11.7. The molecule has 8 nitrogen and oxygen atoms in total. The third-order valence-corrected chi connectivity index (χ3v) is 4.93. The molecule has 0 aromatic heterocycles. The van der Waals surface area contributed by atoms with E-state index in [-0.39, 0.29) is 11.1 Å². The van der Waals surface area contributed by atoms with Gasteiger partial charge in [0.1, 0.15) is 6.61 Å². The van der Waals surface area contributed by atoms with Gasteiger partial charge in [-0.1, -0.05) is 6.58 Å². The number of ether oxygens (including phenoxy) is 1. The Bertz CT molecular complexity index is 740. The highest BCUT2D eigenvalue weighted by Crippen LogP contribution is 2.39. The number of hydrogen-bond donors (Lipinski definition) is 0. The zero-order chi connectivity index (χ0) is 15.9. The monoisotopic (exact) mass is 312 g/mol. The van der Waals surface area contributed by atoms with E-state index >= 15 is 0 Å². The highest BCUT2D eigenvalue weighted by molar-refractivity contribution is 7.92. The number of nitrogens with zero attached hydrogens (tertiary/aromatic N) is 1. The van der Waals surface area contributed by atoms with Gasteiger partial charge in [-0.2, -0.15) is 0 Å². The quantitative estimate of drug-likeness (QED) is 0.252. The summed E-state index contributed by atoms with van der Waals surface area (Å²) in [4.78, 5) is 34.4. The summed E-state index contributed by atoms with van der Waals surface area (Å²) in [5.74, 6) is -3.89. The maximum Gasteiger partial charge on any atom is 0.302 e. The smallest absolute Gasteiger partial charge is 0.302 e. The Morgan fingerprint density at radius 1 is 1.52 bits per heavy atom. The van der Waals surface area contributed by atoms with E-state index in [1.54, 1.807) is 0 Å². The second-order valence-corrected chi connectivity index (χ2v) is 6.51. The molecule has 0 bridgehead atoms. The average molecular weight is 312 g/mol. The van der Waals surface area contributed by atoms with E-state index in [0.29, 0.717) is 4.90 Å². The van der Waals surface area contributed by atoms with E-state index in [1.165, 1.54) is 0 Å². The first kappa shape index (κ1) is 15.0. The van der Waals surface area contributed by atoms with E-state index in [1.807, 2.05) is 0 Å². The van der Waals surface area contributed by atoms with Crippen molar-refractivity contribution in [1.29, 1.82) is 0 Å². The lowest BCUT2D eigenvalue weighted by atomic mass is 10.0. The summed E-state index contributed by atoms with van der Waals surface area (Å²) < 4.78 is 28.8. The predicted molar refractivity (Wildman–Crippen MR) is 65.7 cm³/mol. The highest BCUT2D eigenvalue weighted by Gasteiger charge is 2.55. The Balaban J connectivity index is 2.54. The molecule has 0 spiro atoms. The van der Waals surface area contributed by atoms with Gasteiger partial charge in [0.15, 0.2) is 15.2 Å². The van der Waals surface area contributed by atoms with Crippen LogP contribution in [0.5, 0.6) is 0 Å². The molecule has 1 atom stereocenters. The molecule has 0 unspecified atom stereocenters. The van der Waals surface area contributed by atoms with Crippen molar-refractivity contribution in [2.75, 3.05) is 12.4 Å². The van der Waals surface area contributed by atoms with Gasteiger partial charge in [-0.05, 0) is 0 Å². The number of sulfone groups is 1. The number of rotatable bonds is 3. The summed E-state index contributed by atoms with van der Waals surface area (Å²) in [6.07, 6.45) is 0. The number of aliphatic carboxylic acids is 1. The van der Waals surface area contributed by atoms with Crippen LogP contribution in [0.15, 0.2) is 29.2 Å². The Hall–Kier alpha value is -2.38. The molecule has 0 N–H and O–H groups in total. The van der Waals surface area contributed by atoms with E-state index in [9.17, 15) is 27.9 Å². The topological polar surface area (TPSA) is 121 Å². The Morgan fingerprint density at radius 2 is 2.14 bits per heavy atom. The van der Waals surface area contributed by atoms with E-state index in [4.69, 9.17) is 0 Å². The molecule has 1 saturated heterocycles. The third-order valence-electron chi connectivity index (χ3n) is 3.06. The first-order chi connectivity index (χ1) is 9.70. The van der Waals surface area contributed by atoms with Crippen LogP contribution >= 0.6 is 0 Å². The summed E-state index contributed by atoms with van der Waals surface area (Å²) in [5.41, 5.74) is 1.20. The van der Waals surface area contributed by atoms with Crippen molar-refractivity contribution in [3.8, 4) is 0 Å². The van der Waals surface area contributed by atoms with Gasteiger partial charge in [-0.25, -0.2) is 8.42 Å². The number of carboxylic acids is 1. The molecule has 0 aromatic rings. The minimum atomic E-state index is -3.86. The lowest BCUT2D eigenvalue weighted by molar-refractivity contribution is -0.301. The van der Waals surface area contributed by atoms with E-state index < -0.39 is 51.1 Å². The summed E-state index contributed by atoms with van der Waals surface area (Å²) in [6, 6.07) is 0. The Morgan fingerprint density at radius 3 is 2.62 bits per heavy atom. The summed E-state index contributed by atoms with van der Waals surface area (Å²) >= 11 is 0. The molecule has 2 aliphatic heterocycles. The van der Waals surface area contributed by atoms with Crippen LogP contribution in [-0.2, 0) is 29.0 Å². The number of hydrogen-bond acceptors (Lipinski definition) is 7. The van der Waals surface area contributed by atoms with Crippen LogP contribution in [0.2, 0.25) is 0 Å². The lowest BCUT2D eigenvalue weighted by Crippen LogP contribution is -2.63. The lowest BCUT2D eigenvalue weighted by Gasteiger charge is -2.46. The molecule has 1 fully saturated rings. The molecule has 0 radical (unpaired) electrons. The van der Waals surface area contributed by atoms with Gasteiger partial charge in [0.25, 0.3) is 5.91 Å². The third kappa shape index (κ3) is 2.26. The predicted octanol–water partition coefficient (Wildman–Crippen LogP) is -2.14. The summed E-state index contributed by atoms with van der Waals surface area (Å²) in [6.45, 7) is 3.77. The number of amides is 1.